The molecule has 4 heteroatoms. The Morgan fingerprint density at radius 2 is 1.93 bits per heavy atom. The Labute approximate surface area is 85.9 Å². The number of hydrogen-bond donors (Lipinski definition) is 1. The maximum Gasteiger partial charge on any atom is 0.137 e. The summed E-state index contributed by atoms with van der Waals surface area (Å²) >= 11 is 1.39. The molecule has 1 nitrogen and oxygen atoms in total. The summed E-state index contributed by atoms with van der Waals surface area (Å²) in [5.41, 5.74) is 0.477. The van der Waals surface area contributed by atoms with Gasteiger partial charge in [0.15, 0.2) is 0 Å². The minimum Gasteiger partial charge on any atom is -0.312 e. The second kappa shape index (κ2) is 3.51. The van der Waals surface area contributed by atoms with Crippen LogP contribution >= 0.6 is 11.8 Å². The van der Waals surface area contributed by atoms with E-state index in [9.17, 15) is 8.78 Å². The molecule has 1 N–H and O–H groups in total. The van der Waals surface area contributed by atoms with Gasteiger partial charge in [-0.15, -0.1) is 11.8 Å². The van der Waals surface area contributed by atoms with Crippen molar-refractivity contribution in [1.82, 2.24) is 5.32 Å². The first kappa shape index (κ1) is 9.93. The van der Waals surface area contributed by atoms with Crippen LogP contribution < -0.4 is 5.32 Å². The third kappa shape index (κ3) is 1.33. The van der Waals surface area contributed by atoms with Crippen molar-refractivity contribution in [3.63, 3.8) is 0 Å². The number of halogens is 2. The Hall–Kier alpha value is -0.610. The minimum atomic E-state index is -0.323. The summed E-state index contributed by atoms with van der Waals surface area (Å²) in [6, 6.07) is 2.29. The number of rotatable bonds is 1. The Morgan fingerprint density at radius 3 is 2.57 bits per heavy atom. The Kier molecular flexibility index (Phi) is 2.49. The van der Waals surface area contributed by atoms with Gasteiger partial charge in [-0.3, -0.25) is 0 Å². The summed E-state index contributed by atoms with van der Waals surface area (Å²) in [6.07, 6.45) is 0. The molecule has 1 aliphatic rings. The molecule has 2 unspecified atom stereocenters. The van der Waals surface area contributed by atoms with E-state index in [0.717, 1.165) is 0 Å². The van der Waals surface area contributed by atoms with Gasteiger partial charge in [0.25, 0.3) is 0 Å². The zero-order chi connectivity index (χ0) is 10.3. The van der Waals surface area contributed by atoms with Crippen molar-refractivity contribution in [2.45, 2.75) is 23.1 Å². The fourth-order valence-electron chi connectivity index (χ4n) is 1.83. The second-order valence-electron chi connectivity index (χ2n) is 3.36. The molecular formula is C10H11F2NS. The Morgan fingerprint density at radius 1 is 1.29 bits per heavy atom. The summed E-state index contributed by atoms with van der Waals surface area (Å²) in [5.74, 6) is -0.645. The van der Waals surface area contributed by atoms with E-state index < -0.39 is 0 Å². The molecule has 0 bridgehead atoms. The van der Waals surface area contributed by atoms with Gasteiger partial charge in [0.2, 0.25) is 0 Å². The smallest absolute Gasteiger partial charge is 0.137 e. The zero-order valence-electron chi connectivity index (χ0n) is 7.97. The van der Waals surface area contributed by atoms with E-state index in [1.54, 1.807) is 7.05 Å². The van der Waals surface area contributed by atoms with Crippen molar-refractivity contribution >= 4 is 11.8 Å². The molecular weight excluding hydrogens is 204 g/mol. The summed E-state index contributed by atoms with van der Waals surface area (Å²) in [4.78, 5) is 0.455. The van der Waals surface area contributed by atoms with Crippen molar-refractivity contribution in [3.05, 3.63) is 29.3 Å². The molecule has 1 aliphatic heterocycles. The van der Waals surface area contributed by atoms with E-state index in [1.807, 2.05) is 6.92 Å². The Bertz CT molecular complexity index is 367. The lowest BCUT2D eigenvalue weighted by Gasteiger charge is -2.14. The lowest BCUT2D eigenvalue weighted by molar-refractivity contribution is 0.517. The number of benzene rings is 1. The molecule has 2 atom stereocenters. The van der Waals surface area contributed by atoms with Gasteiger partial charge < -0.3 is 5.32 Å². The van der Waals surface area contributed by atoms with Gasteiger partial charge in [0.1, 0.15) is 11.6 Å². The van der Waals surface area contributed by atoms with Crippen LogP contribution in [0.25, 0.3) is 0 Å². The molecule has 1 heterocycles. The summed E-state index contributed by atoms with van der Waals surface area (Å²) < 4.78 is 26.8. The third-order valence-electron chi connectivity index (χ3n) is 2.49. The summed E-state index contributed by atoms with van der Waals surface area (Å²) in [6.45, 7) is 1.96. The van der Waals surface area contributed by atoms with Crippen molar-refractivity contribution in [2.24, 2.45) is 0 Å². The zero-order valence-corrected chi connectivity index (χ0v) is 8.79. The number of nitrogens with one attached hydrogen (secondary N) is 1. The first-order chi connectivity index (χ1) is 6.65. The normalized spacial score (nSPS) is 25.1. The van der Waals surface area contributed by atoms with E-state index >= 15 is 0 Å². The molecule has 0 radical (unpaired) electrons. The fraction of sp³-hybridized carbons (Fsp3) is 0.400. The standard InChI is InChI=1S/C10H11F2NS/c1-5-9(13-2)8-6(11)3-4-7(12)10(8)14-5/h3-5,9,13H,1-2H3. The highest BCUT2D eigenvalue weighted by atomic mass is 32.2. The van der Waals surface area contributed by atoms with Crippen molar-refractivity contribution < 1.29 is 8.78 Å². The third-order valence-corrected chi connectivity index (χ3v) is 3.78. The maximum atomic E-state index is 13.5. The summed E-state index contributed by atoms with van der Waals surface area (Å²) in [5, 5.41) is 3.18. The molecule has 14 heavy (non-hydrogen) atoms. The van der Waals surface area contributed by atoms with Crippen molar-refractivity contribution in [3.8, 4) is 0 Å². The molecule has 0 amide bonds. The molecule has 76 valence electrons. The molecule has 0 aromatic heterocycles. The van der Waals surface area contributed by atoms with Gasteiger partial charge >= 0.3 is 0 Å². The van der Waals surface area contributed by atoms with Crippen LogP contribution in [0.5, 0.6) is 0 Å². The van der Waals surface area contributed by atoms with Crippen LogP contribution in [-0.4, -0.2) is 12.3 Å². The first-order valence-corrected chi connectivity index (χ1v) is 5.35. The molecule has 0 saturated heterocycles. The predicted molar refractivity (Wildman–Crippen MR) is 53.5 cm³/mol. The highest BCUT2D eigenvalue weighted by Gasteiger charge is 2.33. The van der Waals surface area contributed by atoms with E-state index in [4.69, 9.17) is 0 Å². The van der Waals surface area contributed by atoms with Gasteiger partial charge in [0.05, 0.1) is 4.90 Å². The molecule has 0 spiro atoms. The van der Waals surface area contributed by atoms with Crippen LogP contribution in [0, 0.1) is 11.6 Å². The quantitative estimate of drug-likeness (QED) is 0.773. The lowest BCUT2D eigenvalue weighted by Crippen LogP contribution is -2.22. The fourth-order valence-corrected chi connectivity index (χ4v) is 3.14. The SMILES string of the molecule is CNC1c2c(F)ccc(F)c2SC1C. The van der Waals surface area contributed by atoms with Gasteiger partial charge in [-0.1, -0.05) is 6.92 Å². The topological polar surface area (TPSA) is 12.0 Å². The number of thioether (sulfide) groups is 1. The van der Waals surface area contributed by atoms with Crippen LogP contribution in [-0.2, 0) is 0 Å². The highest BCUT2D eigenvalue weighted by Crippen LogP contribution is 2.45. The molecule has 2 rings (SSSR count). The average molecular weight is 215 g/mol. The molecule has 1 aromatic rings. The molecule has 0 aliphatic carbocycles. The number of hydrogen-bond acceptors (Lipinski definition) is 2. The maximum absolute atomic E-state index is 13.5. The van der Waals surface area contributed by atoms with Crippen LogP contribution in [0.15, 0.2) is 17.0 Å². The van der Waals surface area contributed by atoms with Crippen molar-refractivity contribution in [1.29, 1.82) is 0 Å². The molecule has 0 fully saturated rings. The van der Waals surface area contributed by atoms with Crippen LogP contribution in [0.4, 0.5) is 8.78 Å². The average Bonchev–Trinajstić information content (AvgIpc) is 2.50. The lowest BCUT2D eigenvalue weighted by atomic mass is 10.0. The summed E-state index contributed by atoms with van der Waals surface area (Å²) in [7, 11) is 1.77. The van der Waals surface area contributed by atoms with E-state index in [-0.39, 0.29) is 22.9 Å². The molecule has 0 saturated carbocycles. The van der Waals surface area contributed by atoms with Gasteiger partial charge in [0, 0.05) is 16.9 Å². The van der Waals surface area contributed by atoms with Gasteiger partial charge in [-0.05, 0) is 19.2 Å². The van der Waals surface area contributed by atoms with Crippen LogP contribution in [0.2, 0.25) is 0 Å². The molecule has 1 aromatic carbocycles. The van der Waals surface area contributed by atoms with Crippen molar-refractivity contribution in [2.75, 3.05) is 7.05 Å². The van der Waals surface area contributed by atoms with E-state index in [2.05, 4.69) is 5.32 Å². The highest BCUT2D eigenvalue weighted by molar-refractivity contribution is 8.00. The second-order valence-corrected chi connectivity index (χ2v) is 4.75. The van der Waals surface area contributed by atoms with Crippen LogP contribution in [0.1, 0.15) is 18.5 Å². The minimum absolute atomic E-state index is 0.0919. The first-order valence-electron chi connectivity index (χ1n) is 4.47. The van der Waals surface area contributed by atoms with E-state index in [0.29, 0.717) is 10.5 Å². The largest absolute Gasteiger partial charge is 0.312 e. The van der Waals surface area contributed by atoms with Gasteiger partial charge in [-0.2, -0.15) is 0 Å². The Balaban J connectivity index is 2.57. The predicted octanol–water partition coefficient (Wildman–Crippen LogP) is 2.72. The van der Waals surface area contributed by atoms with E-state index in [1.165, 1.54) is 23.9 Å². The number of fused-ring (bicyclic) bond motifs is 1. The van der Waals surface area contributed by atoms with Crippen LogP contribution in [0.3, 0.4) is 0 Å². The van der Waals surface area contributed by atoms with Gasteiger partial charge in [-0.25, -0.2) is 8.78 Å². The monoisotopic (exact) mass is 215 g/mol.